The molecule has 3 rings (SSSR count). The quantitative estimate of drug-likeness (QED) is 0.770. The first kappa shape index (κ1) is 18.2. The molecule has 138 valence electrons. The first-order chi connectivity index (χ1) is 12.3. The maximum Gasteiger partial charge on any atom is 0.221 e. The number of hydrogen-bond donors (Lipinski definition) is 1. The number of likely N-dealkylation sites (tertiary alicyclic amines) is 1. The molecule has 5 nitrogen and oxygen atoms in total. The second kappa shape index (κ2) is 9.78. The van der Waals surface area contributed by atoms with E-state index in [0.717, 1.165) is 51.5 Å². The third-order valence-corrected chi connectivity index (χ3v) is 5.07. The van der Waals surface area contributed by atoms with Gasteiger partial charge in [0.05, 0.1) is 6.61 Å². The zero-order valence-corrected chi connectivity index (χ0v) is 15.2. The van der Waals surface area contributed by atoms with E-state index in [1.165, 1.54) is 37.9 Å². The van der Waals surface area contributed by atoms with E-state index < -0.39 is 0 Å². The highest BCUT2D eigenvalue weighted by Crippen LogP contribution is 2.15. The normalized spacial score (nSPS) is 20.1. The van der Waals surface area contributed by atoms with Crippen LogP contribution in [-0.2, 0) is 11.3 Å². The van der Waals surface area contributed by atoms with Crippen LogP contribution in [0.5, 0.6) is 5.75 Å². The molecule has 0 radical (unpaired) electrons. The maximum absolute atomic E-state index is 11.4. The second-order valence-corrected chi connectivity index (χ2v) is 7.12. The number of benzene rings is 1. The predicted octanol–water partition coefficient (Wildman–Crippen LogP) is 2.26. The van der Waals surface area contributed by atoms with Crippen LogP contribution >= 0.6 is 0 Å². The summed E-state index contributed by atoms with van der Waals surface area (Å²) in [7, 11) is 0. The van der Waals surface area contributed by atoms with Crippen LogP contribution in [0.3, 0.4) is 0 Å². The molecule has 1 N–H and O–H groups in total. The van der Waals surface area contributed by atoms with Crippen molar-refractivity contribution in [2.75, 3.05) is 45.9 Å². The van der Waals surface area contributed by atoms with Crippen molar-refractivity contribution >= 4 is 5.91 Å². The zero-order valence-electron chi connectivity index (χ0n) is 15.2. The molecule has 1 amide bonds. The lowest BCUT2D eigenvalue weighted by Crippen LogP contribution is -2.31. The van der Waals surface area contributed by atoms with Gasteiger partial charge in [-0.15, -0.1) is 0 Å². The zero-order chi connectivity index (χ0) is 17.3. The highest BCUT2D eigenvalue weighted by Gasteiger charge is 2.13. The largest absolute Gasteiger partial charge is 0.494 e. The second-order valence-electron chi connectivity index (χ2n) is 7.12. The van der Waals surface area contributed by atoms with E-state index in [9.17, 15) is 4.79 Å². The minimum absolute atomic E-state index is 0.163. The minimum Gasteiger partial charge on any atom is -0.494 e. The van der Waals surface area contributed by atoms with Crippen molar-refractivity contribution in [1.82, 2.24) is 15.1 Å². The average molecular weight is 345 g/mol. The van der Waals surface area contributed by atoms with Gasteiger partial charge in [0, 0.05) is 39.1 Å². The molecule has 0 spiro atoms. The van der Waals surface area contributed by atoms with Gasteiger partial charge in [-0.05, 0) is 50.0 Å². The Morgan fingerprint density at radius 1 is 0.960 bits per heavy atom. The maximum atomic E-state index is 11.4. The van der Waals surface area contributed by atoms with Gasteiger partial charge in [0.25, 0.3) is 0 Å². The van der Waals surface area contributed by atoms with E-state index in [2.05, 4.69) is 39.4 Å². The average Bonchev–Trinajstić information content (AvgIpc) is 2.85. The molecular weight excluding hydrogens is 314 g/mol. The number of carbonyl (C=O) groups excluding carboxylic acids is 1. The van der Waals surface area contributed by atoms with Gasteiger partial charge in [-0.2, -0.15) is 0 Å². The van der Waals surface area contributed by atoms with Crippen molar-refractivity contribution in [2.45, 2.75) is 38.6 Å². The number of ether oxygens (including phenoxy) is 1. The van der Waals surface area contributed by atoms with Crippen LogP contribution in [0, 0.1) is 0 Å². The van der Waals surface area contributed by atoms with Crippen molar-refractivity contribution in [3.8, 4) is 5.75 Å². The Hall–Kier alpha value is -1.59. The van der Waals surface area contributed by atoms with Crippen LogP contribution in [0.4, 0.5) is 0 Å². The lowest BCUT2D eigenvalue weighted by atomic mass is 10.1. The Morgan fingerprint density at radius 3 is 2.56 bits per heavy atom. The number of nitrogens with zero attached hydrogens (tertiary/aromatic N) is 2. The number of nitrogens with one attached hydrogen (secondary N) is 1. The van der Waals surface area contributed by atoms with Crippen molar-refractivity contribution < 1.29 is 9.53 Å². The van der Waals surface area contributed by atoms with Crippen molar-refractivity contribution in [3.63, 3.8) is 0 Å². The van der Waals surface area contributed by atoms with Crippen molar-refractivity contribution in [2.24, 2.45) is 0 Å². The van der Waals surface area contributed by atoms with E-state index in [1.54, 1.807) is 0 Å². The molecule has 2 heterocycles. The molecule has 0 saturated carbocycles. The molecule has 2 aliphatic rings. The summed E-state index contributed by atoms with van der Waals surface area (Å²) in [6.45, 7) is 7.84. The standard InChI is InChI=1S/C20H31N3O2/c24-20-9-14-23(15-10-21-20)17-18-5-7-19(8-6-18)25-16-4-13-22-11-2-1-3-12-22/h5-8H,1-4,9-17H2,(H,21,24). The molecule has 0 aliphatic carbocycles. The first-order valence-corrected chi connectivity index (χ1v) is 9.73. The SMILES string of the molecule is O=C1CCN(Cc2ccc(OCCCN3CCCCC3)cc2)CCN1. The molecule has 2 aliphatic heterocycles. The minimum atomic E-state index is 0.163. The Morgan fingerprint density at radius 2 is 1.76 bits per heavy atom. The molecule has 1 aromatic rings. The summed E-state index contributed by atoms with van der Waals surface area (Å²) in [5.41, 5.74) is 1.27. The van der Waals surface area contributed by atoms with E-state index in [1.807, 2.05) is 0 Å². The predicted molar refractivity (Wildman–Crippen MR) is 99.7 cm³/mol. The third kappa shape index (κ3) is 6.33. The summed E-state index contributed by atoms with van der Waals surface area (Å²) in [5, 5.41) is 2.92. The fraction of sp³-hybridized carbons (Fsp3) is 0.650. The Labute approximate surface area is 151 Å². The van der Waals surface area contributed by atoms with E-state index in [4.69, 9.17) is 4.74 Å². The summed E-state index contributed by atoms with van der Waals surface area (Å²) < 4.78 is 5.88. The van der Waals surface area contributed by atoms with Crippen LogP contribution in [0.1, 0.15) is 37.7 Å². The van der Waals surface area contributed by atoms with Gasteiger partial charge in [0.15, 0.2) is 0 Å². The van der Waals surface area contributed by atoms with Crippen molar-refractivity contribution in [1.29, 1.82) is 0 Å². The highest BCUT2D eigenvalue weighted by molar-refractivity contribution is 5.76. The van der Waals surface area contributed by atoms with Crippen LogP contribution < -0.4 is 10.1 Å². The van der Waals surface area contributed by atoms with E-state index >= 15 is 0 Å². The van der Waals surface area contributed by atoms with Gasteiger partial charge in [-0.3, -0.25) is 9.69 Å². The van der Waals surface area contributed by atoms with Crippen LogP contribution in [0.25, 0.3) is 0 Å². The van der Waals surface area contributed by atoms with Crippen LogP contribution in [0.15, 0.2) is 24.3 Å². The van der Waals surface area contributed by atoms with Gasteiger partial charge < -0.3 is 15.0 Å². The van der Waals surface area contributed by atoms with Crippen LogP contribution in [-0.4, -0.2) is 61.6 Å². The van der Waals surface area contributed by atoms with Crippen LogP contribution in [0.2, 0.25) is 0 Å². The summed E-state index contributed by atoms with van der Waals surface area (Å²) in [6, 6.07) is 8.41. The van der Waals surface area contributed by atoms with E-state index in [0.29, 0.717) is 6.42 Å². The molecule has 2 fully saturated rings. The molecular formula is C20H31N3O2. The molecule has 25 heavy (non-hydrogen) atoms. The third-order valence-electron chi connectivity index (χ3n) is 5.07. The van der Waals surface area contributed by atoms with Gasteiger partial charge in [-0.25, -0.2) is 0 Å². The Balaban J connectivity index is 1.36. The highest BCUT2D eigenvalue weighted by atomic mass is 16.5. The first-order valence-electron chi connectivity index (χ1n) is 9.73. The number of rotatable bonds is 7. The van der Waals surface area contributed by atoms with Gasteiger partial charge in [-0.1, -0.05) is 18.6 Å². The van der Waals surface area contributed by atoms with Gasteiger partial charge in [0.2, 0.25) is 5.91 Å². The number of hydrogen-bond acceptors (Lipinski definition) is 4. The fourth-order valence-electron chi connectivity index (χ4n) is 3.58. The fourth-order valence-corrected chi connectivity index (χ4v) is 3.58. The number of piperidine rings is 1. The molecule has 1 aromatic carbocycles. The number of amides is 1. The molecule has 0 unspecified atom stereocenters. The van der Waals surface area contributed by atoms with E-state index in [-0.39, 0.29) is 5.91 Å². The Kier molecular flexibility index (Phi) is 7.12. The molecule has 2 saturated heterocycles. The van der Waals surface area contributed by atoms with Gasteiger partial charge in [0.1, 0.15) is 5.75 Å². The molecule has 5 heteroatoms. The molecule has 0 aromatic heterocycles. The molecule has 0 bridgehead atoms. The summed E-state index contributed by atoms with van der Waals surface area (Å²) in [4.78, 5) is 16.3. The topological polar surface area (TPSA) is 44.8 Å². The van der Waals surface area contributed by atoms with Gasteiger partial charge >= 0.3 is 0 Å². The monoisotopic (exact) mass is 345 g/mol. The lowest BCUT2D eigenvalue weighted by Gasteiger charge is -2.26. The lowest BCUT2D eigenvalue weighted by molar-refractivity contribution is -0.120. The smallest absolute Gasteiger partial charge is 0.221 e. The Bertz CT molecular complexity index is 526. The summed E-state index contributed by atoms with van der Waals surface area (Å²) in [6.07, 6.45) is 5.78. The summed E-state index contributed by atoms with van der Waals surface area (Å²) in [5.74, 6) is 1.12. The summed E-state index contributed by atoms with van der Waals surface area (Å²) >= 11 is 0. The van der Waals surface area contributed by atoms with Crippen molar-refractivity contribution in [3.05, 3.63) is 29.8 Å². The number of carbonyl (C=O) groups is 1. The molecule has 0 atom stereocenters.